The van der Waals surface area contributed by atoms with Gasteiger partial charge in [0.05, 0.1) is 18.1 Å². The van der Waals surface area contributed by atoms with Crippen molar-refractivity contribution >= 4 is 22.8 Å². The smallest absolute Gasteiger partial charge is 0.251 e. The molecule has 1 aliphatic rings. The van der Waals surface area contributed by atoms with Crippen LogP contribution < -0.4 is 10.1 Å². The predicted octanol–water partition coefficient (Wildman–Crippen LogP) is 4.20. The predicted molar refractivity (Wildman–Crippen MR) is 133 cm³/mol. The van der Waals surface area contributed by atoms with E-state index in [2.05, 4.69) is 5.32 Å². The summed E-state index contributed by atoms with van der Waals surface area (Å²) in [6, 6.07) is 15.3. The lowest BCUT2D eigenvalue weighted by Crippen LogP contribution is -2.40. The van der Waals surface area contributed by atoms with Crippen LogP contribution >= 0.6 is 0 Å². The summed E-state index contributed by atoms with van der Waals surface area (Å²) in [4.78, 5) is 32.3. The zero-order valence-electron chi connectivity index (χ0n) is 20.1. The Balaban J connectivity index is 1.38. The number of nitrogens with zero attached hydrogens (tertiary/aromatic N) is 3. The molecule has 1 N–H and O–H groups in total. The molecule has 0 bridgehead atoms. The molecule has 7 heteroatoms. The summed E-state index contributed by atoms with van der Waals surface area (Å²) in [5, 5.41) is 2.97. The lowest BCUT2D eigenvalue weighted by Gasteiger charge is -2.31. The van der Waals surface area contributed by atoms with Crippen molar-refractivity contribution in [2.24, 2.45) is 0 Å². The fourth-order valence-electron chi connectivity index (χ4n) is 4.70. The van der Waals surface area contributed by atoms with Crippen molar-refractivity contribution in [3.05, 3.63) is 59.9 Å². The van der Waals surface area contributed by atoms with Crippen LogP contribution in [0, 0.1) is 0 Å². The van der Waals surface area contributed by atoms with Crippen LogP contribution in [-0.4, -0.2) is 53.0 Å². The third kappa shape index (κ3) is 5.58. The monoisotopic (exact) mass is 462 g/mol. The van der Waals surface area contributed by atoms with Gasteiger partial charge < -0.3 is 19.5 Å². The highest BCUT2D eigenvalue weighted by Gasteiger charge is 2.23. The summed E-state index contributed by atoms with van der Waals surface area (Å²) in [6.45, 7) is 0.824. The first-order chi connectivity index (χ1) is 16.6. The molecule has 7 nitrogen and oxygen atoms in total. The maximum atomic E-state index is 13.1. The van der Waals surface area contributed by atoms with Crippen LogP contribution in [0.5, 0.6) is 5.75 Å². The number of hydrogen-bond donors (Lipinski definition) is 1. The van der Waals surface area contributed by atoms with Gasteiger partial charge in [0.2, 0.25) is 5.91 Å². The van der Waals surface area contributed by atoms with Crippen molar-refractivity contribution in [2.45, 2.75) is 57.5 Å². The number of imidazole rings is 1. The molecule has 1 fully saturated rings. The number of aryl methyl sites for hydroxylation is 1. The van der Waals surface area contributed by atoms with E-state index in [1.807, 2.05) is 40.8 Å². The van der Waals surface area contributed by atoms with Crippen LogP contribution in [0.1, 0.15) is 54.7 Å². The van der Waals surface area contributed by atoms with Gasteiger partial charge in [0.15, 0.2) is 0 Å². The molecule has 2 amide bonds. The van der Waals surface area contributed by atoms with Crippen molar-refractivity contribution < 1.29 is 14.3 Å². The fraction of sp³-hybridized carbons (Fsp3) is 0.444. The van der Waals surface area contributed by atoms with Gasteiger partial charge in [-0.3, -0.25) is 9.59 Å². The Morgan fingerprint density at radius 2 is 1.82 bits per heavy atom. The Labute approximate surface area is 201 Å². The fourth-order valence-corrected chi connectivity index (χ4v) is 4.70. The van der Waals surface area contributed by atoms with Gasteiger partial charge in [0, 0.05) is 31.6 Å². The summed E-state index contributed by atoms with van der Waals surface area (Å²) < 4.78 is 7.19. The highest BCUT2D eigenvalue weighted by Crippen LogP contribution is 2.23. The number of fused-ring (bicyclic) bond motifs is 1. The van der Waals surface area contributed by atoms with Gasteiger partial charge in [0.1, 0.15) is 18.1 Å². The van der Waals surface area contributed by atoms with Gasteiger partial charge in [-0.25, -0.2) is 4.98 Å². The van der Waals surface area contributed by atoms with Crippen molar-refractivity contribution in [1.82, 2.24) is 19.8 Å². The van der Waals surface area contributed by atoms with E-state index in [0.29, 0.717) is 31.1 Å². The lowest BCUT2D eigenvalue weighted by molar-refractivity contribution is -0.133. The molecule has 3 aromatic rings. The number of aromatic nitrogens is 2. The van der Waals surface area contributed by atoms with Crippen molar-refractivity contribution in [3.8, 4) is 5.75 Å². The molecule has 0 radical (unpaired) electrons. The molecular formula is C27H34N4O3. The van der Waals surface area contributed by atoms with Crippen molar-refractivity contribution in [2.75, 3.05) is 20.7 Å². The molecular weight excluding hydrogens is 428 g/mol. The summed E-state index contributed by atoms with van der Waals surface area (Å²) >= 11 is 0. The standard InChI is InChI=1S/C27H34N4O3/c1-30(21-9-4-3-5-10-21)26(32)19-31-24-12-7-6-11-23(24)29-25(31)13-8-18-28-27(33)20-14-16-22(34-2)17-15-20/h6-7,11-12,14-17,21H,3-5,8-10,13,18-19H2,1-2H3,(H,28,33). The minimum Gasteiger partial charge on any atom is -0.497 e. The number of ether oxygens (including phenoxy) is 1. The highest BCUT2D eigenvalue weighted by atomic mass is 16.5. The molecule has 0 aliphatic heterocycles. The van der Waals surface area contributed by atoms with E-state index in [1.54, 1.807) is 31.4 Å². The van der Waals surface area contributed by atoms with E-state index in [9.17, 15) is 9.59 Å². The Morgan fingerprint density at radius 1 is 1.09 bits per heavy atom. The number of rotatable bonds is 9. The Hall–Kier alpha value is -3.35. The Morgan fingerprint density at radius 3 is 2.56 bits per heavy atom. The van der Waals surface area contributed by atoms with Gasteiger partial charge in [-0.1, -0.05) is 31.4 Å². The van der Waals surface area contributed by atoms with E-state index in [-0.39, 0.29) is 11.8 Å². The first-order valence-corrected chi connectivity index (χ1v) is 12.2. The SMILES string of the molecule is COc1ccc(C(=O)NCCCc2nc3ccccc3n2CC(=O)N(C)C2CCCCC2)cc1. The normalized spacial score (nSPS) is 14.2. The number of methoxy groups -OCH3 is 1. The van der Waals surface area contributed by atoms with Crippen molar-refractivity contribution in [3.63, 3.8) is 0 Å². The molecule has 0 atom stereocenters. The summed E-state index contributed by atoms with van der Waals surface area (Å²) in [7, 11) is 3.54. The molecule has 4 rings (SSSR count). The number of carbonyl (C=O) groups excluding carboxylic acids is 2. The molecule has 1 aliphatic carbocycles. The van der Waals surface area contributed by atoms with Gasteiger partial charge in [-0.2, -0.15) is 0 Å². The minimum absolute atomic E-state index is 0.111. The number of amides is 2. The maximum absolute atomic E-state index is 13.1. The first kappa shape index (κ1) is 23.8. The second kappa shape index (κ2) is 11.2. The number of carbonyl (C=O) groups is 2. The molecule has 0 unspecified atom stereocenters. The van der Waals surface area contributed by atoms with Crippen molar-refractivity contribution in [1.29, 1.82) is 0 Å². The van der Waals surface area contributed by atoms with Crippen LogP contribution in [0.2, 0.25) is 0 Å². The van der Waals surface area contributed by atoms with Gasteiger partial charge in [-0.15, -0.1) is 0 Å². The van der Waals surface area contributed by atoms with Gasteiger partial charge in [0.25, 0.3) is 5.91 Å². The second-order valence-electron chi connectivity index (χ2n) is 8.99. The molecule has 2 aromatic carbocycles. The Kier molecular flexibility index (Phi) is 7.83. The van der Waals surface area contributed by atoms with Gasteiger partial charge in [-0.05, 0) is 55.7 Å². The molecule has 0 saturated heterocycles. The average molecular weight is 463 g/mol. The molecule has 180 valence electrons. The molecule has 34 heavy (non-hydrogen) atoms. The van der Waals surface area contributed by atoms with Crippen LogP contribution in [0.25, 0.3) is 11.0 Å². The van der Waals surface area contributed by atoms with E-state index in [1.165, 1.54) is 19.3 Å². The number of nitrogens with one attached hydrogen (secondary N) is 1. The quantitative estimate of drug-likeness (QED) is 0.484. The molecule has 1 aromatic heterocycles. The molecule has 0 spiro atoms. The molecule has 1 saturated carbocycles. The van der Waals surface area contributed by atoms with E-state index < -0.39 is 0 Å². The van der Waals surface area contributed by atoms with Crippen LogP contribution in [-0.2, 0) is 17.8 Å². The number of para-hydroxylation sites is 2. The second-order valence-corrected chi connectivity index (χ2v) is 8.99. The molecule has 1 heterocycles. The van der Waals surface area contributed by atoms with Crippen LogP contribution in [0.4, 0.5) is 0 Å². The van der Waals surface area contributed by atoms with Gasteiger partial charge >= 0.3 is 0 Å². The summed E-state index contributed by atoms with van der Waals surface area (Å²) in [6.07, 6.45) is 7.26. The minimum atomic E-state index is -0.111. The van der Waals surface area contributed by atoms with E-state index >= 15 is 0 Å². The number of benzene rings is 2. The zero-order chi connectivity index (χ0) is 23.9. The maximum Gasteiger partial charge on any atom is 0.251 e. The van der Waals surface area contributed by atoms with Crippen LogP contribution in [0.15, 0.2) is 48.5 Å². The highest BCUT2D eigenvalue weighted by molar-refractivity contribution is 5.94. The third-order valence-electron chi connectivity index (χ3n) is 6.76. The largest absolute Gasteiger partial charge is 0.497 e. The first-order valence-electron chi connectivity index (χ1n) is 12.2. The zero-order valence-corrected chi connectivity index (χ0v) is 20.1. The Bertz CT molecular complexity index is 1120. The number of hydrogen-bond acceptors (Lipinski definition) is 4. The summed E-state index contributed by atoms with van der Waals surface area (Å²) in [5.41, 5.74) is 2.47. The van der Waals surface area contributed by atoms with E-state index in [0.717, 1.165) is 41.9 Å². The number of likely N-dealkylation sites (N-methyl/N-ethyl adjacent to an activating group) is 1. The van der Waals surface area contributed by atoms with Crippen LogP contribution in [0.3, 0.4) is 0 Å². The topological polar surface area (TPSA) is 76.5 Å². The van der Waals surface area contributed by atoms with E-state index in [4.69, 9.17) is 9.72 Å². The lowest BCUT2D eigenvalue weighted by atomic mass is 9.94. The summed E-state index contributed by atoms with van der Waals surface area (Å²) in [5.74, 6) is 1.62. The third-order valence-corrected chi connectivity index (χ3v) is 6.76. The average Bonchev–Trinajstić information content (AvgIpc) is 3.23.